The van der Waals surface area contributed by atoms with Crippen molar-refractivity contribution in [2.24, 2.45) is 11.8 Å². The minimum Gasteiger partial charge on any atom is -0.317 e. The largest absolute Gasteiger partial charge is 0.317 e. The second-order valence-corrected chi connectivity index (χ2v) is 6.05. The molecule has 1 nitrogen and oxygen atoms in total. The molecule has 2 heteroatoms. The maximum atomic E-state index is 3.48. The van der Waals surface area contributed by atoms with E-state index in [1.54, 1.807) is 0 Å². The summed E-state index contributed by atoms with van der Waals surface area (Å²) in [5.41, 5.74) is 1.44. The Balaban J connectivity index is 2.54. The summed E-state index contributed by atoms with van der Waals surface area (Å²) in [6.07, 6.45) is 2.47. The van der Waals surface area contributed by atoms with E-state index >= 15 is 0 Å². The van der Waals surface area contributed by atoms with Crippen molar-refractivity contribution in [2.45, 2.75) is 33.6 Å². The highest BCUT2D eigenvalue weighted by molar-refractivity contribution is 9.10. The lowest BCUT2D eigenvalue weighted by Crippen LogP contribution is -2.25. The molecule has 1 atom stereocenters. The Morgan fingerprint density at radius 3 is 2.35 bits per heavy atom. The number of hydrogen-bond donors (Lipinski definition) is 1. The van der Waals surface area contributed by atoms with Crippen LogP contribution < -0.4 is 5.32 Å². The second-order valence-electron chi connectivity index (χ2n) is 5.13. The molecule has 0 saturated carbocycles. The fourth-order valence-corrected chi connectivity index (χ4v) is 2.47. The third-order valence-corrected chi connectivity index (χ3v) is 3.45. The van der Waals surface area contributed by atoms with Crippen molar-refractivity contribution in [1.29, 1.82) is 0 Å². The molecule has 1 aromatic carbocycles. The lowest BCUT2D eigenvalue weighted by atomic mass is 9.91. The molecule has 0 spiro atoms. The topological polar surface area (TPSA) is 12.0 Å². The van der Waals surface area contributed by atoms with Crippen molar-refractivity contribution in [2.75, 3.05) is 13.1 Å². The minimum atomic E-state index is 0.746. The maximum Gasteiger partial charge on any atom is 0.0175 e. The average Bonchev–Trinajstić information content (AvgIpc) is 2.28. The van der Waals surface area contributed by atoms with Gasteiger partial charge in [-0.25, -0.2) is 0 Å². The fraction of sp³-hybridized carbons (Fsp3) is 0.600. The van der Waals surface area contributed by atoms with Gasteiger partial charge in [-0.3, -0.25) is 0 Å². The van der Waals surface area contributed by atoms with Gasteiger partial charge in [0.2, 0.25) is 0 Å². The molecule has 0 amide bonds. The Bertz CT molecular complexity index is 305. The Morgan fingerprint density at radius 2 is 1.82 bits per heavy atom. The van der Waals surface area contributed by atoms with Crippen LogP contribution in [0.15, 0.2) is 28.7 Å². The molecular weight excluding hydrogens is 274 g/mol. The van der Waals surface area contributed by atoms with Crippen LogP contribution in [0.1, 0.15) is 32.8 Å². The molecule has 1 unspecified atom stereocenters. The van der Waals surface area contributed by atoms with E-state index in [0.717, 1.165) is 29.4 Å². The first-order chi connectivity index (χ1) is 8.11. The number of nitrogens with one attached hydrogen (secondary N) is 1. The molecule has 0 bridgehead atoms. The number of hydrogen-bond acceptors (Lipinski definition) is 1. The quantitative estimate of drug-likeness (QED) is 0.793. The zero-order valence-corrected chi connectivity index (χ0v) is 12.8. The van der Waals surface area contributed by atoms with Crippen LogP contribution in [0.2, 0.25) is 0 Å². The van der Waals surface area contributed by atoms with Crippen molar-refractivity contribution < 1.29 is 0 Å². The standard InChI is InChI=1S/C15H24BrN/c1-4-17-11-14(9-12(2)3)10-13-5-7-15(16)8-6-13/h5-8,12,14,17H,4,9-11H2,1-3H3. The van der Waals surface area contributed by atoms with Crippen LogP contribution >= 0.6 is 15.9 Å². The van der Waals surface area contributed by atoms with E-state index in [0.29, 0.717) is 0 Å². The molecule has 0 aliphatic carbocycles. The highest BCUT2D eigenvalue weighted by atomic mass is 79.9. The predicted octanol–water partition coefficient (Wildman–Crippen LogP) is 4.26. The van der Waals surface area contributed by atoms with Gasteiger partial charge in [-0.05, 0) is 55.5 Å². The predicted molar refractivity (Wildman–Crippen MR) is 79.3 cm³/mol. The Kier molecular flexibility index (Phi) is 6.83. The van der Waals surface area contributed by atoms with E-state index < -0.39 is 0 Å². The smallest absolute Gasteiger partial charge is 0.0175 e. The number of benzene rings is 1. The van der Waals surface area contributed by atoms with Crippen LogP contribution in [0.3, 0.4) is 0 Å². The second kappa shape index (κ2) is 7.88. The summed E-state index contributed by atoms with van der Waals surface area (Å²) in [5.74, 6) is 1.52. The summed E-state index contributed by atoms with van der Waals surface area (Å²) < 4.78 is 1.16. The van der Waals surface area contributed by atoms with Gasteiger partial charge in [0.05, 0.1) is 0 Å². The summed E-state index contributed by atoms with van der Waals surface area (Å²) in [6, 6.07) is 8.72. The van der Waals surface area contributed by atoms with Gasteiger partial charge in [0.25, 0.3) is 0 Å². The molecule has 0 heterocycles. The molecule has 17 heavy (non-hydrogen) atoms. The molecular formula is C15H24BrN. The van der Waals surface area contributed by atoms with Crippen molar-refractivity contribution in [3.63, 3.8) is 0 Å². The van der Waals surface area contributed by atoms with E-state index in [-0.39, 0.29) is 0 Å². The van der Waals surface area contributed by atoms with E-state index in [1.165, 1.54) is 18.4 Å². The molecule has 1 aromatic rings. The minimum absolute atomic E-state index is 0.746. The van der Waals surface area contributed by atoms with Crippen LogP contribution in [0.5, 0.6) is 0 Å². The molecule has 0 radical (unpaired) electrons. The van der Waals surface area contributed by atoms with Crippen LogP contribution in [0.25, 0.3) is 0 Å². The normalized spacial score (nSPS) is 13.0. The van der Waals surface area contributed by atoms with Gasteiger partial charge in [-0.2, -0.15) is 0 Å². The zero-order chi connectivity index (χ0) is 12.7. The first-order valence-corrected chi connectivity index (χ1v) is 7.36. The van der Waals surface area contributed by atoms with Gasteiger partial charge in [0.15, 0.2) is 0 Å². The SMILES string of the molecule is CCNCC(Cc1ccc(Br)cc1)CC(C)C. The molecule has 0 fully saturated rings. The van der Waals surface area contributed by atoms with Crippen LogP contribution in [-0.4, -0.2) is 13.1 Å². The third-order valence-electron chi connectivity index (χ3n) is 2.93. The lowest BCUT2D eigenvalue weighted by molar-refractivity contribution is 0.388. The van der Waals surface area contributed by atoms with Crippen LogP contribution in [-0.2, 0) is 6.42 Å². The molecule has 0 aromatic heterocycles. The maximum absolute atomic E-state index is 3.48. The highest BCUT2D eigenvalue weighted by Crippen LogP contribution is 2.18. The molecule has 96 valence electrons. The average molecular weight is 298 g/mol. The van der Waals surface area contributed by atoms with Crippen LogP contribution in [0, 0.1) is 11.8 Å². The van der Waals surface area contributed by atoms with Crippen molar-refractivity contribution in [3.05, 3.63) is 34.3 Å². The van der Waals surface area contributed by atoms with Gasteiger partial charge in [-0.1, -0.05) is 48.8 Å². The summed E-state index contributed by atoms with van der Waals surface area (Å²) in [7, 11) is 0. The lowest BCUT2D eigenvalue weighted by Gasteiger charge is -2.19. The highest BCUT2D eigenvalue weighted by Gasteiger charge is 2.11. The van der Waals surface area contributed by atoms with Gasteiger partial charge in [0.1, 0.15) is 0 Å². The van der Waals surface area contributed by atoms with Gasteiger partial charge in [-0.15, -0.1) is 0 Å². The summed E-state index contributed by atoms with van der Waals surface area (Å²) in [6.45, 7) is 8.98. The monoisotopic (exact) mass is 297 g/mol. The van der Waals surface area contributed by atoms with E-state index in [1.807, 2.05) is 0 Å². The fourth-order valence-electron chi connectivity index (χ4n) is 2.21. The van der Waals surface area contributed by atoms with Crippen molar-refractivity contribution in [3.8, 4) is 0 Å². The molecule has 1 rings (SSSR count). The Labute approximate surface area is 114 Å². The summed E-state index contributed by atoms with van der Waals surface area (Å²) in [5, 5.41) is 3.48. The zero-order valence-electron chi connectivity index (χ0n) is 11.2. The van der Waals surface area contributed by atoms with E-state index in [2.05, 4.69) is 66.3 Å². The Morgan fingerprint density at radius 1 is 1.18 bits per heavy atom. The first-order valence-electron chi connectivity index (χ1n) is 6.57. The van der Waals surface area contributed by atoms with Gasteiger partial charge < -0.3 is 5.32 Å². The van der Waals surface area contributed by atoms with E-state index in [9.17, 15) is 0 Å². The molecule has 1 N–H and O–H groups in total. The summed E-state index contributed by atoms with van der Waals surface area (Å²) in [4.78, 5) is 0. The number of halogens is 1. The molecule has 0 aliphatic rings. The van der Waals surface area contributed by atoms with E-state index in [4.69, 9.17) is 0 Å². The summed E-state index contributed by atoms with van der Waals surface area (Å²) >= 11 is 3.48. The van der Waals surface area contributed by atoms with Crippen LogP contribution in [0.4, 0.5) is 0 Å². The molecule has 0 saturated heterocycles. The van der Waals surface area contributed by atoms with Gasteiger partial charge in [0, 0.05) is 4.47 Å². The van der Waals surface area contributed by atoms with Gasteiger partial charge >= 0.3 is 0 Å². The Hall–Kier alpha value is -0.340. The molecule has 0 aliphatic heterocycles. The first kappa shape index (κ1) is 14.7. The van der Waals surface area contributed by atoms with Crippen molar-refractivity contribution >= 4 is 15.9 Å². The third kappa shape index (κ3) is 6.23. The number of rotatable bonds is 7. The van der Waals surface area contributed by atoms with Crippen molar-refractivity contribution in [1.82, 2.24) is 5.32 Å².